The normalized spacial score (nSPS) is 11.5. The molecule has 4 aromatic carbocycles. The highest BCUT2D eigenvalue weighted by Gasteiger charge is 2.16. The van der Waals surface area contributed by atoms with E-state index in [1.165, 1.54) is 0 Å². The van der Waals surface area contributed by atoms with Gasteiger partial charge in [0.1, 0.15) is 11.0 Å². The molecule has 0 radical (unpaired) electrons. The zero-order chi connectivity index (χ0) is 26.5. The molecule has 8 rings (SSSR count). The number of para-hydroxylation sites is 1. The molecule has 186 valence electrons. The van der Waals surface area contributed by atoms with Gasteiger partial charge >= 0.3 is 0 Å². The molecule has 0 N–H and O–H groups in total. The van der Waals surface area contributed by atoms with Crippen LogP contribution in [-0.4, -0.2) is 35.1 Å². The average Bonchev–Trinajstić information content (AvgIpc) is 3.04. The van der Waals surface area contributed by atoms with Gasteiger partial charge in [-0.05, 0) is 59.7 Å². The third-order valence-electron chi connectivity index (χ3n) is 7.08. The van der Waals surface area contributed by atoms with Gasteiger partial charge in [0.2, 0.25) is 0 Å². The maximum Gasteiger partial charge on any atom is 0.182 e. The largest absolute Gasteiger partial charge is 0.254 e. The van der Waals surface area contributed by atoms with Crippen LogP contribution in [0.1, 0.15) is 0 Å². The molecule has 4 aromatic heterocycles. The number of hydrogen-bond donors (Lipinski definition) is 0. The molecule has 0 spiro atoms. The summed E-state index contributed by atoms with van der Waals surface area (Å²) in [5, 5.41) is 12.0. The Balaban J connectivity index is 1.38. The van der Waals surface area contributed by atoms with Gasteiger partial charge in [0.05, 0.1) is 16.6 Å². The summed E-state index contributed by atoms with van der Waals surface area (Å²) >= 11 is 0. The van der Waals surface area contributed by atoms with Crippen LogP contribution in [0.15, 0.2) is 116 Å². The Bertz CT molecular complexity index is 2190. The molecule has 40 heavy (non-hydrogen) atoms. The molecule has 0 unspecified atom stereocenters. The number of fused-ring (bicyclic) bond motifs is 7. The molecule has 0 bridgehead atoms. The van der Waals surface area contributed by atoms with Crippen molar-refractivity contribution in [3.63, 3.8) is 0 Å². The van der Waals surface area contributed by atoms with Crippen LogP contribution in [0.25, 0.3) is 77.6 Å². The summed E-state index contributed by atoms with van der Waals surface area (Å²) in [6, 6.07) is 32.2. The summed E-state index contributed by atoms with van der Waals surface area (Å²) in [6.07, 6.45) is 5.40. The second-order valence-corrected chi connectivity index (χ2v) is 9.55. The predicted octanol–water partition coefficient (Wildman–Crippen LogP) is 7.07. The molecule has 4 heterocycles. The van der Waals surface area contributed by atoms with Crippen molar-refractivity contribution in [1.29, 1.82) is 0 Å². The number of aromatic nitrogens is 7. The highest BCUT2D eigenvalue weighted by molar-refractivity contribution is 6.20. The van der Waals surface area contributed by atoms with Gasteiger partial charge in [-0.3, -0.25) is 9.97 Å². The topological polar surface area (TPSA) is 90.2 Å². The quantitative estimate of drug-likeness (QED) is 0.233. The fourth-order valence-electron chi connectivity index (χ4n) is 5.18. The van der Waals surface area contributed by atoms with Crippen LogP contribution in [0.3, 0.4) is 0 Å². The van der Waals surface area contributed by atoms with Crippen molar-refractivity contribution in [2.45, 2.75) is 0 Å². The molecule has 0 saturated heterocycles. The van der Waals surface area contributed by atoms with Gasteiger partial charge in [0.25, 0.3) is 0 Å². The van der Waals surface area contributed by atoms with Crippen LogP contribution in [0, 0.1) is 0 Å². The highest BCUT2D eigenvalue weighted by Crippen LogP contribution is 2.34. The van der Waals surface area contributed by atoms with Crippen molar-refractivity contribution in [2.75, 3.05) is 0 Å². The van der Waals surface area contributed by atoms with Crippen LogP contribution >= 0.6 is 0 Å². The number of rotatable bonds is 3. The van der Waals surface area contributed by atoms with E-state index in [0.717, 1.165) is 60.5 Å². The van der Waals surface area contributed by atoms with Crippen LogP contribution in [0.4, 0.5) is 0 Å². The van der Waals surface area contributed by atoms with Gasteiger partial charge in [0.15, 0.2) is 11.6 Å². The summed E-state index contributed by atoms with van der Waals surface area (Å²) in [6.45, 7) is 0. The van der Waals surface area contributed by atoms with Crippen LogP contribution in [0.2, 0.25) is 0 Å². The molecule has 0 atom stereocenters. The Morgan fingerprint density at radius 1 is 0.425 bits per heavy atom. The molecular weight excluding hydrogens is 494 g/mol. The third-order valence-corrected chi connectivity index (χ3v) is 7.08. The Morgan fingerprint density at radius 2 is 1.10 bits per heavy atom. The Kier molecular flexibility index (Phi) is 4.99. The first kappa shape index (κ1) is 22.3. The van der Waals surface area contributed by atoms with Crippen LogP contribution < -0.4 is 0 Å². The van der Waals surface area contributed by atoms with Gasteiger partial charge in [-0.25, -0.2) is 15.0 Å². The minimum atomic E-state index is 0.515. The maximum atomic E-state index is 5.06. The molecule has 0 aliphatic carbocycles. The van der Waals surface area contributed by atoms with E-state index in [1.807, 2.05) is 79.0 Å². The maximum absolute atomic E-state index is 5.06. The Morgan fingerprint density at radius 3 is 1.90 bits per heavy atom. The summed E-state index contributed by atoms with van der Waals surface area (Å²) in [5.74, 6) is 1.15. The predicted molar refractivity (Wildman–Crippen MR) is 157 cm³/mol. The third kappa shape index (κ3) is 3.64. The number of nitrogens with zero attached hydrogens (tertiary/aromatic N) is 7. The number of pyridine rings is 2. The number of hydrogen-bond acceptors (Lipinski definition) is 7. The lowest BCUT2D eigenvalue weighted by Crippen LogP contribution is -1.98. The van der Waals surface area contributed by atoms with E-state index in [1.54, 1.807) is 12.4 Å². The fraction of sp³-hybridized carbons (Fsp3) is 0. The van der Waals surface area contributed by atoms with Crippen molar-refractivity contribution in [1.82, 2.24) is 35.1 Å². The first-order valence-corrected chi connectivity index (χ1v) is 12.9. The fourth-order valence-corrected chi connectivity index (χ4v) is 5.18. The lowest BCUT2D eigenvalue weighted by atomic mass is 9.99. The molecular formula is C33H19N7. The van der Waals surface area contributed by atoms with E-state index >= 15 is 0 Å². The smallest absolute Gasteiger partial charge is 0.182 e. The molecule has 0 saturated carbocycles. The second kappa shape index (κ2) is 8.96. The van der Waals surface area contributed by atoms with E-state index in [-0.39, 0.29) is 0 Å². The van der Waals surface area contributed by atoms with Crippen molar-refractivity contribution >= 4 is 43.7 Å². The van der Waals surface area contributed by atoms with E-state index in [2.05, 4.69) is 49.4 Å². The summed E-state index contributed by atoms with van der Waals surface area (Å²) in [5.41, 5.74) is 7.70. The number of benzene rings is 4. The monoisotopic (exact) mass is 513 g/mol. The van der Waals surface area contributed by atoms with E-state index in [9.17, 15) is 0 Å². The van der Waals surface area contributed by atoms with Gasteiger partial charge in [-0.2, -0.15) is 0 Å². The van der Waals surface area contributed by atoms with Gasteiger partial charge in [0, 0.05) is 45.9 Å². The lowest BCUT2D eigenvalue weighted by molar-refractivity contribution is 1.04. The van der Waals surface area contributed by atoms with Crippen molar-refractivity contribution < 1.29 is 0 Å². The zero-order valence-electron chi connectivity index (χ0n) is 21.1. The molecule has 7 nitrogen and oxygen atoms in total. The molecule has 0 aliphatic rings. The van der Waals surface area contributed by atoms with E-state index in [0.29, 0.717) is 17.2 Å². The molecule has 0 amide bonds. The van der Waals surface area contributed by atoms with Crippen LogP contribution in [0.5, 0.6) is 0 Å². The van der Waals surface area contributed by atoms with Crippen molar-refractivity contribution in [3.8, 4) is 33.9 Å². The minimum Gasteiger partial charge on any atom is -0.254 e. The van der Waals surface area contributed by atoms with Gasteiger partial charge in [-0.1, -0.05) is 48.5 Å². The highest BCUT2D eigenvalue weighted by atomic mass is 15.2. The Labute approximate surface area is 228 Å². The van der Waals surface area contributed by atoms with Crippen molar-refractivity contribution in [3.05, 3.63) is 116 Å². The van der Waals surface area contributed by atoms with Crippen LogP contribution in [-0.2, 0) is 0 Å². The zero-order valence-corrected chi connectivity index (χ0v) is 21.1. The molecule has 0 fully saturated rings. The molecule has 8 aromatic rings. The first-order valence-electron chi connectivity index (χ1n) is 12.9. The first-order chi connectivity index (χ1) is 19.8. The molecule has 0 aliphatic heterocycles. The average molecular weight is 514 g/mol. The van der Waals surface area contributed by atoms with E-state index < -0.39 is 0 Å². The second-order valence-electron chi connectivity index (χ2n) is 9.55. The summed E-state index contributed by atoms with van der Waals surface area (Å²) in [4.78, 5) is 23.8. The van der Waals surface area contributed by atoms with Gasteiger partial charge < -0.3 is 0 Å². The summed E-state index contributed by atoms with van der Waals surface area (Å²) < 4.78 is 0. The summed E-state index contributed by atoms with van der Waals surface area (Å²) in [7, 11) is 0. The lowest BCUT2D eigenvalue weighted by Gasteiger charge is -2.11. The minimum absolute atomic E-state index is 0.515. The standard InChI is InChI=1S/C33H19N7/c1-2-8-20(9-3-1)22-16-23(32-36-19-21-10-4-5-13-27(21)37-32)18-24(17-22)33-38-30-25-11-6-14-34-28(25)29-26(12-7-15-35-29)31(30)39-40-33/h1-19H. The SMILES string of the molecule is c1ccc(-c2cc(-c3ncc4ccccc4n3)cc(-c3nnc4c5cccnc5c5ncccc5c4n3)c2)cc1. The van der Waals surface area contributed by atoms with E-state index in [4.69, 9.17) is 9.97 Å². The van der Waals surface area contributed by atoms with Gasteiger partial charge in [-0.15, -0.1) is 10.2 Å². The Hall–Kier alpha value is -5.69. The van der Waals surface area contributed by atoms with Crippen molar-refractivity contribution in [2.24, 2.45) is 0 Å². The molecule has 7 heteroatoms.